The minimum atomic E-state index is -0.925. The van der Waals surface area contributed by atoms with E-state index < -0.39 is 22.0 Å². The topological polar surface area (TPSA) is 139 Å². The van der Waals surface area contributed by atoms with Gasteiger partial charge >= 0.3 is 0 Å². The molecule has 1 amide bonds. The first kappa shape index (κ1) is 14.9. The summed E-state index contributed by atoms with van der Waals surface area (Å²) in [7, 11) is 1.38. The third-order valence-electron chi connectivity index (χ3n) is 1.98. The Morgan fingerprint density at radius 2 is 1.88 bits per heavy atom. The van der Waals surface area contributed by atoms with Crippen LogP contribution < -0.4 is 16.2 Å². The molecule has 0 saturated heterocycles. The summed E-state index contributed by atoms with van der Waals surface area (Å²) in [4.78, 5) is 31.4. The first-order valence-electron chi connectivity index (χ1n) is 4.97. The second kappa shape index (κ2) is 8.07. The molecular weight excluding hydrogens is 234 g/mol. The number of hydrazine groups is 2. The van der Waals surface area contributed by atoms with Gasteiger partial charge in [-0.15, -0.1) is 10.9 Å². The highest BCUT2D eigenvalue weighted by Crippen LogP contribution is 2.00. The summed E-state index contributed by atoms with van der Waals surface area (Å²) >= 11 is 0. The SMILES string of the molecule is CNC(=O)[C@H](CCCCN[N+](=O)[O-])N[N+](=O)[O-]. The molecule has 0 heterocycles. The maximum atomic E-state index is 11.2. The molecule has 0 aromatic carbocycles. The van der Waals surface area contributed by atoms with Gasteiger partial charge in [-0.3, -0.25) is 4.79 Å². The summed E-state index contributed by atoms with van der Waals surface area (Å²) < 4.78 is 0. The second-order valence-electron chi connectivity index (χ2n) is 3.21. The number of carbonyl (C=O) groups excluding carboxylic acids is 1. The van der Waals surface area contributed by atoms with E-state index in [1.807, 2.05) is 10.9 Å². The quantitative estimate of drug-likeness (QED) is 0.266. The number of nitrogens with one attached hydrogen (secondary N) is 3. The van der Waals surface area contributed by atoms with Crippen molar-refractivity contribution in [3.05, 3.63) is 20.2 Å². The molecule has 0 aliphatic heterocycles. The number of carbonyl (C=O) groups is 1. The zero-order valence-corrected chi connectivity index (χ0v) is 9.34. The van der Waals surface area contributed by atoms with Crippen molar-refractivity contribution in [1.29, 1.82) is 0 Å². The Labute approximate surface area is 97.0 Å². The fraction of sp³-hybridized carbons (Fsp3) is 0.857. The van der Waals surface area contributed by atoms with Gasteiger partial charge in [0, 0.05) is 7.05 Å². The molecule has 0 aliphatic carbocycles. The van der Waals surface area contributed by atoms with Gasteiger partial charge in [-0.1, -0.05) is 0 Å². The molecule has 0 aromatic heterocycles. The highest BCUT2D eigenvalue weighted by Gasteiger charge is 2.20. The number of hydrogen-bond acceptors (Lipinski definition) is 5. The molecule has 0 fully saturated rings. The van der Waals surface area contributed by atoms with Crippen molar-refractivity contribution in [2.45, 2.75) is 25.3 Å². The number of hydrogen-bond donors (Lipinski definition) is 3. The van der Waals surface area contributed by atoms with Crippen molar-refractivity contribution in [3.8, 4) is 0 Å². The lowest BCUT2D eigenvalue weighted by Crippen LogP contribution is -2.45. The third-order valence-corrected chi connectivity index (χ3v) is 1.98. The molecule has 0 rings (SSSR count). The maximum Gasteiger partial charge on any atom is 0.248 e. The van der Waals surface area contributed by atoms with Crippen LogP contribution in [0.3, 0.4) is 0 Å². The third kappa shape index (κ3) is 7.76. The molecule has 0 spiro atoms. The molecule has 0 unspecified atom stereocenters. The maximum absolute atomic E-state index is 11.2. The number of likely N-dealkylation sites (N-methyl/N-ethyl adjacent to an activating group) is 1. The van der Waals surface area contributed by atoms with Crippen LogP contribution in [0.2, 0.25) is 0 Å². The smallest absolute Gasteiger partial charge is 0.248 e. The summed E-state index contributed by atoms with van der Waals surface area (Å²) in [5.74, 6) is -0.482. The van der Waals surface area contributed by atoms with E-state index >= 15 is 0 Å². The summed E-state index contributed by atoms with van der Waals surface area (Å²) in [6, 6.07) is -0.925. The molecule has 0 aliphatic rings. The fourth-order valence-electron chi connectivity index (χ4n) is 1.20. The minimum absolute atomic E-state index is 0.159. The highest BCUT2D eigenvalue weighted by atomic mass is 16.7. The zero-order chi connectivity index (χ0) is 13.3. The largest absolute Gasteiger partial charge is 0.357 e. The lowest BCUT2D eigenvalue weighted by molar-refractivity contribution is -0.548. The molecular formula is C7H15N5O5. The molecule has 10 nitrogen and oxygen atoms in total. The van der Waals surface area contributed by atoms with E-state index in [4.69, 9.17) is 0 Å². The summed E-state index contributed by atoms with van der Waals surface area (Å²) in [5, 5.41) is 21.0. The van der Waals surface area contributed by atoms with Crippen LogP contribution >= 0.6 is 0 Å². The monoisotopic (exact) mass is 249 g/mol. The van der Waals surface area contributed by atoms with E-state index in [0.717, 1.165) is 0 Å². The molecule has 0 saturated carbocycles. The Hall–Kier alpha value is -2.13. The van der Waals surface area contributed by atoms with Crippen molar-refractivity contribution < 1.29 is 14.9 Å². The van der Waals surface area contributed by atoms with Gasteiger partial charge in [-0.25, -0.2) is 20.2 Å². The van der Waals surface area contributed by atoms with Gasteiger partial charge in [0.2, 0.25) is 5.91 Å². The molecule has 98 valence electrons. The highest BCUT2D eigenvalue weighted by molar-refractivity contribution is 5.81. The van der Waals surface area contributed by atoms with Crippen LogP contribution in [-0.2, 0) is 4.79 Å². The molecule has 3 N–H and O–H groups in total. The van der Waals surface area contributed by atoms with E-state index in [-0.39, 0.29) is 13.0 Å². The van der Waals surface area contributed by atoms with Crippen molar-refractivity contribution in [1.82, 2.24) is 16.2 Å². The fourth-order valence-corrected chi connectivity index (χ4v) is 1.20. The van der Waals surface area contributed by atoms with Gasteiger partial charge in [0.25, 0.3) is 0 Å². The van der Waals surface area contributed by atoms with Gasteiger partial charge in [0.1, 0.15) is 0 Å². The lowest BCUT2D eigenvalue weighted by atomic mass is 10.1. The number of nitro groups is 2. The Kier molecular flexibility index (Phi) is 7.06. The predicted octanol–water partition coefficient (Wildman–Crippen LogP) is -1.17. The molecule has 10 heteroatoms. The molecule has 0 aromatic rings. The van der Waals surface area contributed by atoms with E-state index in [2.05, 4.69) is 5.32 Å². The number of nitrogens with zero attached hydrogens (tertiary/aromatic N) is 2. The molecule has 0 radical (unpaired) electrons. The Morgan fingerprint density at radius 1 is 1.24 bits per heavy atom. The Morgan fingerprint density at radius 3 is 2.35 bits per heavy atom. The number of rotatable bonds is 9. The average molecular weight is 249 g/mol. The Balaban J connectivity index is 3.87. The van der Waals surface area contributed by atoms with Crippen molar-refractivity contribution in [3.63, 3.8) is 0 Å². The molecule has 1 atom stereocenters. The summed E-state index contributed by atoms with van der Waals surface area (Å²) in [5.41, 5.74) is 3.86. The first-order chi connectivity index (χ1) is 7.97. The van der Waals surface area contributed by atoms with Crippen LogP contribution in [-0.4, -0.2) is 35.6 Å². The number of unbranched alkanes of at least 4 members (excludes halogenated alkanes) is 1. The van der Waals surface area contributed by atoms with E-state index in [9.17, 15) is 25.0 Å². The van der Waals surface area contributed by atoms with Crippen molar-refractivity contribution in [2.75, 3.05) is 13.6 Å². The minimum Gasteiger partial charge on any atom is -0.357 e. The Bertz CT molecular complexity index is 284. The molecule has 17 heavy (non-hydrogen) atoms. The predicted molar refractivity (Wildman–Crippen MR) is 56.8 cm³/mol. The summed E-state index contributed by atoms with van der Waals surface area (Å²) in [6.07, 6.45) is 1.15. The van der Waals surface area contributed by atoms with Crippen LogP contribution in [0.25, 0.3) is 0 Å². The van der Waals surface area contributed by atoms with Gasteiger partial charge in [0.15, 0.2) is 16.1 Å². The second-order valence-corrected chi connectivity index (χ2v) is 3.21. The van der Waals surface area contributed by atoms with Crippen LogP contribution in [0.5, 0.6) is 0 Å². The van der Waals surface area contributed by atoms with Crippen molar-refractivity contribution in [2.24, 2.45) is 0 Å². The van der Waals surface area contributed by atoms with Gasteiger partial charge in [-0.05, 0) is 19.3 Å². The average Bonchev–Trinajstić information content (AvgIpc) is 2.25. The van der Waals surface area contributed by atoms with Gasteiger partial charge < -0.3 is 5.32 Å². The summed E-state index contributed by atoms with van der Waals surface area (Å²) in [6.45, 7) is 0.159. The van der Waals surface area contributed by atoms with Gasteiger partial charge in [-0.2, -0.15) is 0 Å². The van der Waals surface area contributed by atoms with E-state index in [1.165, 1.54) is 7.05 Å². The van der Waals surface area contributed by atoms with Crippen LogP contribution in [0.1, 0.15) is 19.3 Å². The van der Waals surface area contributed by atoms with E-state index in [1.54, 1.807) is 0 Å². The van der Waals surface area contributed by atoms with Crippen LogP contribution in [0.4, 0.5) is 0 Å². The first-order valence-corrected chi connectivity index (χ1v) is 4.97. The van der Waals surface area contributed by atoms with Crippen LogP contribution in [0.15, 0.2) is 0 Å². The van der Waals surface area contributed by atoms with Crippen molar-refractivity contribution >= 4 is 5.91 Å². The van der Waals surface area contributed by atoms with Crippen LogP contribution in [0, 0.1) is 20.2 Å². The normalized spacial score (nSPS) is 11.4. The molecule has 0 bridgehead atoms. The number of amides is 1. The zero-order valence-electron chi connectivity index (χ0n) is 9.34. The lowest BCUT2D eigenvalue weighted by Gasteiger charge is -2.11. The van der Waals surface area contributed by atoms with E-state index in [0.29, 0.717) is 12.8 Å². The van der Waals surface area contributed by atoms with Gasteiger partial charge in [0.05, 0.1) is 6.54 Å². The standard InChI is InChI=1S/C7H15N5O5/c1-8-7(13)6(10-12(16)17)4-2-3-5-9-11(14)15/h6,9-10H,2-5H2,1H3,(H,8,13)/t6-/m0/s1.